The van der Waals surface area contributed by atoms with E-state index in [2.05, 4.69) is 31.0 Å². The number of hydrogen-bond donors (Lipinski definition) is 1. The van der Waals surface area contributed by atoms with Crippen molar-refractivity contribution >= 4 is 39.1 Å². The zero-order chi connectivity index (χ0) is 20.1. The Morgan fingerprint density at radius 1 is 1.14 bits per heavy atom. The second-order valence-corrected chi connectivity index (χ2v) is 7.63. The molecule has 1 heterocycles. The van der Waals surface area contributed by atoms with Crippen molar-refractivity contribution in [3.05, 3.63) is 41.4 Å². The molecule has 0 saturated carbocycles. The Morgan fingerprint density at radius 3 is 2.64 bits per heavy atom. The molecule has 0 aliphatic carbocycles. The van der Waals surface area contributed by atoms with Crippen molar-refractivity contribution in [3.8, 4) is 5.75 Å². The maximum atomic E-state index is 6.59. The number of benzene rings is 2. The van der Waals surface area contributed by atoms with Gasteiger partial charge < -0.3 is 15.0 Å². The van der Waals surface area contributed by atoms with Crippen LogP contribution in [0.15, 0.2) is 36.4 Å². The third-order valence-electron chi connectivity index (χ3n) is 5.35. The molecule has 1 N–H and O–H groups in total. The fraction of sp³-hybridized carbons (Fsp3) is 0.435. The quantitative estimate of drug-likeness (QED) is 0.449. The molecular formula is C23H30ClN3O. The number of rotatable bonds is 9. The predicted molar refractivity (Wildman–Crippen MR) is 121 cm³/mol. The van der Waals surface area contributed by atoms with E-state index in [-0.39, 0.29) is 0 Å². The lowest BCUT2D eigenvalue weighted by molar-refractivity contribution is 0.295. The molecule has 5 heteroatoms. The highest BCUT2D eigenvalue weighted by Gasteiger charge is 2.15. The van der Waals surface area contributed by atoms with Gasteiger partial charge in [-0.2, -0.15) is 0 Å². The summed E-state index contributed by atoms with van der Waals surface area (Å²) in [6.45, 7) is 10.0. The summed E-state index contributed by atoms with van der Waals surface area (Å²) in [6.07, 6.45) is 2.25. The second kappa shape index (κ2) is 9.44. The predicted octanol–water partition coefficient (Wildman–Crippen LogP) is 5.97. The summed E-state index contributed by atoms with van der Waals surface area (Å²) in [6, 6.07) is 12.2. The van der Waals surface area contributed by atoms with Crippen LogP contribution in [0.5, 0.6) is 5.75 Å². The number of nitrogens with zero attached hydrogens (tertiary/aromatic N) is 2. The van der Waals surface area contributed by atoms with Gasteiger partial charge in [-0.15, -0.1) is 0 Å². The normalized spacial score (nSPS) is 12.6. The van der Waals surface area contributed by atoms with Crippen molar-refractivity contribution in [2.75, 3.05) is 32.1 Å². The average Bonchev–Trinajstić information content (AvgIpc) is 2.71. The maximum absolute atomic E-state index is 6.59. The van der Waals surface area contributed by atoms with E-state index in [1.807, 2.05) is 36.4 Å². The number of nitrogens with one attached hydrogen (secondary N) is 1. The summed E-state index contributed by atoms with van der Waals surface area (Å²) >= 11 is 6.59. The number of anilines is 1. The standard InChI is InChI=1S/C23H30ClN3O/c1-5-27(6-2)14-8-9-16(3)25-23-18-15-17(28-4)12-13-20(18)26-21-11-7-10-19(24)22(21)23/h7,10-13,15-16H,5-6,8-9,14H2,1-4H3,(H,25,26). The van der Waals surface area contributed by atoms with Crippen LogP contribution >= 0.6 is 11.6 Å². The fourth-order valence-corrected chi connectivity index (χ4v) is 3.95. The maximum Gasteiger partial charge on any atom is 0.119 e. The molecular weight excluding hydrogens is 370 g/mol. The van der Waals surface area contributed by atoms with Crippen LogP contribution in [0.25, 0.3) is 21.8 Å². The first-order valence-corrected chi connectivity index (χ1v) is 10.5. The van der Waals surface area contributed by atoms with Gasteiger partial charge in [-0.25, -0.2) is 4.98 Å². The van der Waals surface area contributed by atoms with E-state index in [1.165, 1.54) is 0 Å². The van der Waals surface area contributed by atoms with E-state index in [0.717, 1.165) is 65.7 Å². The Balaban J connectivity index is 1.94. The number of pyridine rings is 1. The van der Waals surface area contributed by atoms with Crippen molar-refractivity contribution in [2.45, 2.75) is 39.7 Å². The van der Waals surface area contributed by atoms with Gasteiger partial charge in [0.1, 0.15) is 5.75 Å². The molecule has 0 fully saturated rings. The topological polar surface area (TPSA) is 37.4 Å². The first kappa shape index (κ1) is 20.7. The molecule has 0 aliphatic rings. The van der Waals surface area contributed by atoms with Crippen LogP contribution in [0.2, 0.25) is 5.02 Å². The first-order chi connectivity index (χ1) is 13.6. The Hall–Kier alpha value is -2.04. The van der Waals surface area contributed by atoms with E-state index >= 15 is 0 Å². The summed E-state index contributed by atoms with van der Waals surface area (Å²) in [7, 11) is 1.69. The highest BCUT2D eigenvalue weighted by molar-refractivity contribution is 6.37. The Kier molecular flexibility index (Phi) is 6.97. The van der Waals surface area contributed by atoms with Gasteiger partial charge in [0.25, 0.3) is 0 Å². The van der Waals surface area contributed by atoms with Gasteiger partial charge in [0.2, 0.25) is 0 Å². The molecule has 1 aromatic heterocycles. The van der Waals surface area contributed by atoms with Gasteiger partial charge in [-0.1, -0.05) is 31.5 Å². The minimum absolute atomic E-state index is 0.326. The Bertz CT molecular complexity index is 940. The summed E-state index contributed by atoms with van der Waals surface area (Å²) in [4.78, 5) is 7.27. The minimum Gasteiger partial charge on any atom is -0.497 e. The molecule has 0 aliphatic heterocycles. The van der Waals surface area contributed by atoms with Crippen molar-refractivity contribution in [3.63, 3.8) is 0 Å². The summed E-state index contributed by atoms with van der Waals surface area (Å²) in [5, 5.41) is 6.46. The first-order valence-electron chi connectivity index (χ1n) is 10.1. The summed E-state index contributed by atoms with van der Waals surface area (Å²) in [5.41, 5.74) is 2.89. The van der Waals surface area contributed by atoms with Crippen LogP contribution in [0.3, 0.4) is 0 Å². The van der Waals surface area contributed by atoms with E-state index in [1.54, 1.807) is 7.11 Å². The van der Waals surface area contributed by atoms with Crippen molar-refractivity contribution in [1.29, 1.82) is 0 Å². The van der Waals surface area contributed by atoms with Crippen molar-refractivity contribution in [1.82, 2.24) is 9.88 Å². The third-order valence-corrected chi connectivity index (χ3v) is 5.67. The van der Waals surface area contributed by atoms with E-state index in [9.17, 15) is 0 Å². The fourth-order valence-electron chi connectivity index (χ4n) is 3.69. The zero-order valence-corrected chi connectivity index (χ0v) is 18.0. The zero-order valence-electron chi connectivity index (χ0n) is 17.3. The molecule has 0 bridgehead atoms. The van der Waals surface area contributed by atoms with Crippen LogP contribution in [-0.2, 0) is 0 Å². The third kappa shape index (κ3) is 4.50. The largest absolute Gasteiger partial charge is 0.497 e. The molecule has 0 radical (unpaired) electrons. The second-order valence-electron chi connectivity index (χ2n) is 7.22. The lowest BCUT2D eigenvalue weighted by Gasteiger charge is -2.22. The highest BCUT2D eigenvalue weighted by atomic mass is 35.5. The molecule has 4 nitrogen and oxygen atoms in total. The molecule has 2 aromatic carbocycles. The minimum atomic E-state index is 0.326. The van der Waals surface area contributed by atoms with Crippen molar-refractivity contribution < 1.29 is 4.74 Å². The molecule has 3 rings (SSSR count). The van der Waals surface area contributed by atoms with Gasteiger partial charge in [0.15, 0.2) is 0 Å². The molecule has 28 heavy (non-hydrogen) atoms. The molecule has 0 saturated heterocycles. The van der Waals surface area contributed by atoms with Crippen LogP contribution < -0.4 is 10.1 Å². The van der Waals surface area contributed by atoms with Gasteiger partial charge in [-0.3, -0.25) is 0 Å². The van der Waals surface area contributed by atoms with Gasteiger partial charge in [0.05, 0.1) is 28.9 Å². The number of halogens is 1. The number of hydrogen-bond acceptors (Lipinski definition) is 4. The molecule has 150 valence electrons. The number of aromatic nitrogens is 1. The molecule has 1 atom stereocenters. The Morgan fingerprint density at radius 2 is 1.93 bits per heavy atom. The van der Waals surface area contributed by atoms with Crippen LogP contribution in [0, 0.1) is 0 Å². The van der Waals surface area contributed by atoms with E-state index in [0.29, 0.717) is 11.1 Å². The van der Waals surface area contributed by atoms with E-state index < -0.39 is 0 Å². The van der Waals surface area contributed by atoms with Gasteiger partial charge in [0, 0.05) is 16.8 Å². The summed E-state index contributed by atoms with van der Waals surface area (Å²) in [5.74, 6) is 0.818. The molecule has 0 amide bonds. The number of methoxy groups -OCH3 is 1. The van der Waals surface area contributed by atoms with Gasteiger partial charge >= 0.3 is 0 Å². The smallest absolute Gasteiger partial charge is 0.119 e. The van der Waals surface area contributed by atoms with Gasteiger partial charge in [-0.05, 0) is 69.7 Å². The molecule has 1 unspecified atom stereocenters. The Labute approximate surface area is 172 Å². The lowest BCUT2D eigenvalue weighted by atomic mass is 10.1. The number of ether oxygens (including phenoxy) is 1. The number of fused-ring (bicyclic) bond motifs is 2. The molecule has 3 aromatic rings. The summed E-state index contributed by atoms with van der Waals surface area (Å²) < 4.78 is 5.45. The van der Waals surface area contributed by atoms with Crippen LogP contribution in [-0.4, -0.2) is 42.7 Å². The van der Waals surface area contributed by atoms with Crippen LogP contribution in [0.1, 0.15) is 33.6 Å². The highest BCUT2D eigenvalue weighted by Crippen LogP contribution is 2.37. The monoisotopic (exact) mass is 399 g/mol. The molecule has 0 spiro atoms. The van der Waals surface area contributed by atoms with E-state index in [4.69, 9.17) is 21.3 Å². The van der Waals surface area contributed by atoms with Crippen LogP contribution in [0.4, 0.5) is 5.69 Å². The average molecular weight is 400 g/mol. The SMILES string of the molecule is CCN(CC)CCCC(C)Nc1c2cc(OC)ccc2nc2cccc(Cl)c12. The lowest BCUT2D eigenvalue weighted by Crippen LogP contribution is -2.25. The van der Waals surface area contributed by atoms with Crippen molar-refractivity contribution in [2.24, 2.45) is 0 Å².